The van der Waals surface area contributed by atoms with Crippen LogP contribution in [-0.4, -0.2) is 54.5 Å². The number of nitrogens with one attached hydrogen (secondary N) is 1. The molecule has 0 aliphatic carbocycles. The first-order chi connectivity index (χ1) is 8.17. The number of nitrogens with zero attached hydrogens (tertiary/aromatic N) is 2. The van der Waals surface area contributed by atoms with Gasteiger partial charge >= 0.3 is 5.97 Å². The highest BCUT2D eigenvalue weighted by Crippen LogP contribution is 2.02. The van der Waals surface area contributed by atoms with Crippen LogP contribution in [0.1, 0.15) is 10.5 Å². The molecule has 0 aliphatic rings. The highest BCUT2D eigenvalue weighted by molar-refractivity contribution is 5.84. The van der Waals surface area contributed by atoms with Crippen LogP contribution in [-0.2, 0) is 9.47 Å². The molecule has 1 aromatic heterocycles. The molecule has 1 unspecified atom stereocenters. The van der Waals surface area contributed by atoms with Gasteiger partial charge in [0.25, 0.3) is 0 Å². The Bertz CT molecular complexity index is 355. The zero-order chi connectivity index (χ0) is 12.7. The molecule has 1 rings (SSSR count). The molecule has 0 saturated heterocycles. The molecule has 94 valence electrons. The number of methoxy groups -OCH3 is 2. The molecule has 2 N–H and O–H groups in total. The lowest BCUT2D eigenvalue weighted by molar-refractivity contribution is 0.0365. The fourth-order valence-corrected chi connectivity index (χ4v) is 1.14. The molecular formula is C10H15N3O4. The van der Waals surface area contributed by atoms with Crippen LogP contribution in [0.25, 0.3) is 0 Å². The summed E-state index contributed by atoms with van der Waals surface area (Å²) in [6.45, 7) is 0.968. The second-order valence-electron chi connectivity index (χ2n) is 3.29. The number of carbonyl (C=O) groups is 1. The van der Waals surface area contributed by atoms with Gasteiger partial charge in [-0.2, -0.15) is 0 Å². The third-order valence-electron chi connectivity index (χ3n) is 2.07. The maximum absolute atomic E-state index is 10.6. The van der Waals surface area contributed by atoms with Crippen molar-refractivity contribution in [3.8, 4) is 0 Å². The lowest BCUT2D eigenvalue weighted by Crippen LogP contribution is -2.27. The van der Waals surface area contributed by atoms with Gasteiger partial charge in [0.05, 0.1) is 25.1 Å². The number of rotatable bonds is 7. The van der Waals surface area contributed by atoms with Gasteiger partial charge in [-0.3, -0.25) is 0 Å². The van der Waals surface area contributed by atoms with E-state index in [1.54, 1.807) is 14.2 Å². The van der Waals surface area contributed by atoms with E-state index in [0.29, 0.717) is 19.0 Å². The third kappa shape index (κ3) is 4.33. The number of ether oxygens (including phenoxy) is 2. The molecule has 7 heteroatoms. The number of carboxylic acid groups (broad SMARTS) is 1. The summed E-state index contributed by atoms with van der Waals surface area (Å²) in [5.74, 6) is -0.605. The highest BCUT2D eigenvalue weighted by atomic mass is 16.5. The molecule has 0 spiro atoms. The van der Waals surface area contributed by atoms with Crippen LogP contribution >= 0.6 is 0 Å². The molecule has 0 aliphatic heterocycles. The maximum Gasteiger partial charge on any atom is 0.356 e. The van der Waals surface area contributed by atoms with Crippen molar-refractivity contribution in [2.24, 2.45) is 0 Å². The molecule has 0 amide bonds. The van der Waals surface area contributed by atoms with Gasteiger partial charge in [-0.25, -0.2) is 14.8 Å². The van der Waals surface area contributed by atoms with Crippen LogP contribution in [0.4, 0.5) is 5.82 Å². The Morgan fingerprint density at radius 2 is 2.24 bits per heavy atom. The van der Waals surface area contributed by atoms with Crippen molar-refractivity contribution in [3.05, 3.63) is 18.1 Å². The Kier molecular flexibility index (Phi) is 5.31. The minimum Gasteiger partial charge on any atom is -0.476 e. The second kappa shape index (κ2) is 6.77. The van der Waals surface area contributed by atoms with E-state index in [-0.39, 0.29) is 11.8 Å². The van der Waals surface area contributed by atoms with Crippen molar-refractivity contribution in [1.29, 1.82) is 0 Å². The van der Waals surface area contributed by atoms with Crippen LogP contribution in [0.2, 0.25) is 0 Å². The SMILES string of the molecule is COCC(CNc1cnc(C(=O)O)cn1)OC. The summed E-state index contributed by atoms with van der Waals surface area (Å²) in [5, 5.41) is 11.6. The highest BCUT2D eigenvalue weighted by Gasteiger charge is 2.08. The van der Waals surface area contributed by atoms with Gasteiger partial charge in [-0.05, 0) is 0 Å². The van der Waals surface area contributed by atoms with E-state index >= 15 is 0 Å². The number of aromatic carboxylic acids is 1. The van der Waals surface area contributed by atoms with Gasteiger partial charge in [-0.1, -0.05) is 0 Å². The Labute approximate surface area is 98.8 Å². The quantitative estimate of drug-likeness (QED) is 0.706. The first kappa shape index (κ1) is 13.3. The Balaban J connectivity index is 2.48. The molecule has 0 saturated carbocycles. The molecular weight excluding hydrogens is 226 g/mol. The normalized spacial score (nSPS) is 12.1. The average Bonchev–Trinajstić information content (AvgIpc) is 2.35. The second-order valence-corrected chi connectivity index (χ2v) is 3.29. The number of anilines is 1. The monoisotopic (exact) mass is 241 g/mol. The van der Waals surface area contributed by atoms with Crippen LogP contribution in [0.5, 0.6) is 0 Å². The van der Waals surface area contributed by atoms with E-state index in [2.05, 4.69) is 15.3 Å². The lowest BCUT2D eigenvalue weighted by atomic mass is 10.3. The number of hydrogen-bond donors (Lipinski definition) is 2. The van der Waals surface area contributed by atoms with Crippen molar-refractivity contribution < 1.29 is 19.4 Å². The van der Waals surface area contributed by atoms with Gasteiger partial charge < -0.3 is 19.9 Å². The zero-order valence-corrected chi connectivity index (χ0v) is 9.71. The van der Waals surface area contributed by atoms with E-state index in [9.17, 15) is 4.79 Å². The summed E-state index contributed by atoms with van der Waals surface area (Å²) < 4.78 is 10.1. The standard InChI is InChI=1S/C10H15N3O4/c1-16-6-7(17-2)3-12-9-5-11-8(4-13-9)10(14)15/h4-5,7H,3,6H2,1-2H3,(H,12,13)(H,14,15). The maximum atomic E-state index is 10.6. The summed E-state index contributed by atoms with van der Waals surface area (Å²) >= 11 is 0. The molecule has 0 bridgehead atoms. The van der Waals surface area contributed by atoms with Crippen LogP contribution in [0, 0.1) is 0 Å². The molecule has 1 heterocycles. The summed E-state index contributed by atoms with van der Waals surface area (Å²) in [5.41, 5.74) is -0.0873. The van der Waals surface area contributed by atoms with Gasteiger partial charge in [-0.15, -0.1) is 0 Å². The van der Waals surface area contributed by atoms with Gasteiger partial charge in [0, 0.05) is 20.8 Å². The number of aromatic nitrogens is 2. The minimum absolute atomic E-state index is 0.0873. The molecule has 0 radical (unpaired) electrons. The molecule has 0 fully saturated rings. The fourth-order valence-electron chi connectivity index (χ4n) is 1.14. The van der Waals surface area contributed by atoms with Crippen LogP contribution in [0.3, 0.4) is 0 Å². The Hall–Kier alpha value is -1.73. The predicted molar refractivity (Wildman–Crippen MR) is 60.2 cm³/mol. The minimum atomic E-state index is -1.10. The van der Waals surface area contributed by atoms with Gasteiger partial charge in [0.15, 0.2) is 5.69 Å². The molecule has 0 aromatic carbocycles. The summed E-state index contributed by atoms with van der Waals surface area (Å²) in [6.07, 6.45) is 2.46. The topological polar surface area (TPSA) is 93.6 Å². The molecule has 7 nitrogen and oxygen atoms in total. The summed E-state index contributed by atoms with van der Waals surface area (Å²) in [6, 6.07) is 0. The van der Waals surface area contributed by atoms with E-state index in [0.717, 1.165) is 0 Å². The smallest absolute Gasteiger partial charge is 0.356 e. The molecule has 1 atom stereocenters. The first-order valence-electron chi connectivity index (χ1n) is 4.98. The summed E-state index contributed by atoms with van der Waals surface area (Å²) in [7, 11) is 3.18. The number of carboxylic acids is 1. The fraction of sp³-hybridized carbons (Fsp3) is 0.500. The van der Waals surface area contributed by atoms with Crippen LogP contribution in [0.15, 0.2) is 12.4 Å². The number of hydrogen-bond acceptors (Lipinski definition) is 6. The van der Waals surface area contributed by atoms with Crippen molar-refractivity contribution in [2.75, 3.05) is 32.7 Å². The Morgan fingerprint density at radius 3 is 2.71 bits per heavy atom. The largest absolute Gasteiger partial charge is 0.476 e. The van der Waals surface area contributed by atoms with E-state index in [1.165, 1.54) is 12.4 Å². The van der Waals surface area contributed by atoms with Crippen molar-refractivity contribution in [2.45, 2.75) is 6.10 Å². The zero-order valence-electron chi connectivity index (χ0n) is 9.71. The average molecular weight is 241 g/mol. The third-order valence-corrected chi connectivity index (χ3v) is 2.07. The lowest BCUT2D eigenvalue weighted by Gasteiger charge is -2.15. The van der Waals surface area contributed by atoms with Crippen LogP contribution < -0.4 is 5.32 Å². The van der Waals surface area contributed by atoms with Crippen molar-refractivity contribution in [1.82, 2.24) is 9.97 Å². The predicted octanol–water partition coefficient (Wildman–Crippen LogP) is 0.248. The molecule has 17 heavy (non-hydrogen) atoms. The first-order valence-corrected chi connectivity index (χ1v) is 4.98. The van der Waals surface area contributed by atoms with Gasteiger partial charge in [0.1, 0.15) is 5.82 Å². The summed E-state index contributed by atoms with van der Waals surface area (Å²) in [4.78, 5) is 18.2. The van der Waals surface area contributed by atoms with E-state index in [1.807, 2.05) is 0 Å². The molecule has 1 aromatic rings. The van der Waals surface area contributed by atoms with Crippen molar-refractivity contribution >= 4 is 11.8 Å². The Morgan fingerprint density at radius 1 is 1.47 bits per heavy atom. The van der Waals surface area contributed by atoms with Gasteiger partial charge in [0.2, 0.25) is 0 Å². The van der Waals surface area contributed by atoms with E-state index < -0.39 is 5.97 Å². The van der Waals surface area contributed by atoms with E-state index in [4.69, 9.17) is 14.6 Å². The van der Waals surface area contributed by atoms with Crippen molar-refractivity contribution in [3.63, 3.8) is 0 Å².